The number of aromatic nitrogens is 4. The van der Waals surface area contributed by atoms with Crippen molar-refractivity contribution in [3.63, 3.8) is 0 Å². The maximum Gasteiger partial charge on any atom is 0.233 e. The summed E-state index contributed by atoms with van der Waals surface area (Å²) in [5.41, 5.74) is 4.34. The first-order chi connectivity index (χ1) is 13.5. The van der Waals surface area contributed by atoms with Crippen molar-refractivity contribution in [2.45, 2.75) is 50.1 Å². The number of pyridine rings is 1. The van der Waals surface area contributed by atoms with Crippen LogP contribution in [-0.2, 0) is 4.79 Å². The smallest absolute Gasteiger partial charge is 0.233 e. The van der Waals surface area contributed by atoms with Gasteiger partial charge in [-0.15, -0.1) is 10.2 Å². The normalized spacial score (nSPS) is 14.7. The molecule has 6 nitrogen and oxygen atoms in total. The van der Waals surface area contributed by atoms with E-state index in [1.54, 1.807) is 12.4 Å². The van der Waals surface area contributed by atoms with Gasteiger partial charge in [0.15, 0.2) is 11.0 Å². The van der Waals surface area contributed by atoms with Gasteiger partial charge in [0, 0.05) is 24.0 Å². The first-order valence-electron chi connectivity index (χ1n) is 9.43. The predicted molar refractivity (Wildman–Crippen MR) is 111 cm³/mol. The lowest BCUT2D eigenvalue weighted by molar-refractivity contribution is -0.120. The Labute approximate surface area is 168 Å². The number of nitrogens with zero attached hydrogens (tertiary/aromatic N) is 4. The fourth-order valence-electron chi connectivity index (χ4n) is 2.89. The first kappa shape index (κ1) is 18.7. The van der Waals surface area contributed by atoms with Gasteiger partial charge >= 0.3 is 0 Å². The Morgan fingerprint density at radius 1 is 1.14 bits per heavy atom. The van der Waals surface area contributed by atoms with Gasteiger partial charge in [-0.1, -0.05) is 17.8 Å². The number of hydrogen-bond donors (Lipinski definition) is 1. The quantitative estimate of drug-likeness (QED) is 0.647. The maximum absolute atomic E-state index is 12.4. The summed E-state index contributed by atoms with van der Waals surface area (Å²) in [7, 11) is 0. The molecule has 0 unspecified atom stereocenters. The van der Waals surface area contributed by atoms with Gasteiger partial charge in [-0.2, -0.15) is 0 Å². The molecule has 0 saturated heterocycles. The van der Waals surface area contributed by atoms with Crippen LogP contribution in [-0.4, -0.2) is 36.9 Å². The van der Waals surface area contributed by atoms with Crippen LogP contribution in [0.25, 0.3) is 17.1 Å². The summed E-state index contributed by atoms with van der Waals surface area (Å²) in [5.74, 6) is 0.788. The van der Waals surface area contributed by atoms with Crippen LogP contribution in [0.2, 0.25) is 0 Å². The van der Waals surface area contributed by atoms with Crippen molar-refractivity contribution in [3.8, 4) is 17.1 Å². The standard InChI is InChI=1S/C21H23N5OS/c1-13-4-7-18(12-14(13)2)26-19(16-8-10-22-11-9-16)24-25-21(26)28-15(3)20(27)23-17-5-6-17/h4,7-12,15,17H,5-6H2,1-3H3,(H,23,27)/t15-/m1/s1. The molecule has 0 radical (unpaired) electrons. The molecule has 1 amide bonds. The van der Waals surface area contributed by atoms with Gasteiger partial charge < -0.3 is 5.32 Å². The number of rotatable bonds is 6. The lowest BCUT2D eigenvalue weighted by Gasteiger charge is -2.14. The average molecular weight is 394 g/mol. The van der Waals surface area contributed by atoms with Crippen LogP contribution < -0.4 is 5.32 Å². The van der Waals surface area contributed by atoms with Crippen molar-refractivity contribution >= 4 is 17.7 Å². The Kier molecular flexibility index (Phi) is 5.17. The topological polar surface area (TPSA) is 72.7 Å². The number of aryl methyl sites for hydroxylation is 2. The van der Waals surface area contributed by atoms with E-state index in [2.05, 4.69) is 52.5 Å². The van der Waals surface area contributed by atoms with E-state index in [1.807, 2.05) is 23.6 Å². The fraction of sp³-hybridized carbons (Fsp3) is 0.333. The number of nitrogens with one attached hydrogen (secondary N) is 1. The highest BCUT2D eigenvalue weighted by Gasteiger charge is 2.27. The Bertz CT molecular complexity index is 997. The highest BCUT2D eigenvalue weighted by Crippen LogP contribution is 2.31. The van der Waals surface area contributed by atoms with E-state index in [-0.39, 0.29) is 11.2 Å². The van der Waals surface area contributed by atoms with Gasteiger partial charge in [0.25, 0.3) is 0 Å². The number of carbonyl (C=O) groups excluding carboxylic acids is 1. The van der Waals surface area contributed by atoms with Crippen LogP contribution in [0.15, 0.2) is 47.9 Å². The average Bonchev–Trinajstić information content (AvgIpc) is 3.42. The molecular weight excluding hydrogens is 370 g/mol. The molecule has 1 atom stereocenters. The summed E-state index contributed by atoms with van der Waals surface area (Å²) >= 11 is 1.43. The number of benzene rings is 1. The summed E-state index contributed by atoms with van der Waals surface area (Å²) in [6.45, 7) is 6.09. The first-order valence-corrected chi connectivity index (χ1v) is 10.3. The zero-order chi connectivity index (χ0) is 19.7. The third-order valence-electron chi connectivity index (χ3n) is 4.90. The van der Waals surface area contributed by atoms with Crippen LogP contribution in [0, 0.1) is 13.8 Å². The Morgan fingerprint density at radius 2 is 1.89 bits per heavy atom. The molecule has 3 aromatic rings. The minimum atomic E-state index is -0.250. The Morgan fingerprint density at radius 3 is 2.57 bits per heavy atom. The summed E-state index contributed by atoms with van der Waals surface area (Å²) in [6.07, 6.45) is 5.64. The Balaban J connectivity index is 1.72. The summed E-state index contributed by atoms with van der Waals surface area (Å²) in [5, 5.41) is 12.4. The van der Waals surface area contributed by atoms with Crippen molar-refractivity contribution in [1.82, 2.24) is 25.1 Å². The third kappa shape index (κ3) is 3.94. The molecule has 0 spiro atoms. The second-order valence-corrected chi connectivity index (χ2v) is 8.50. The SMILES string of the molecule is Cc1ccc(-n2c(S[C@H](C)C(=O)NC3CC3)nnc2-c2ccncc2)cc1C. The van der Waals surface area contributed by atoms with E-state index in [1.165, 1.54) is 22.9 Å². The van der Waals surface area contributed by atoms with Crippen molar-refractivity contribution in [2.24, 2.45) is 0 Å². The molecule has 0 aliphatic heterocycles. The molecule has 1 aromatic carbocycles. The molecule has 1 N–H and O–H groups in total. The number of amides is 1. The van der Waals surface area contributed by atoms with E-state index in [0.717, 1.165) is 29.9 Å². The second kappa shape index (κ2) is 7.75. The summed E-state index contributed by atoms with van der Waals surface area (Å²) < 4.78 is 2.02. The molecule has 144 valence electrons. The van der Waals surface area contributed by atoms with Gasteiger partial charge in [0.2, 0.25) is 5.91 Å². The zero-order valence-electron chi connectivity index (χ0n) is 16.2. The van der Waals surface area contributed by atoms with Crippen molar-refractivity contribution < 1.29 is 4.79 Å². The zero-order valence-corrected chi connectivity index (χ0v) is 17.0. The van der Waals surface area contributed by atoms with Gasteiger partial charge in [-0.05, 0) is 69.0 Å². The van der Waals surface area contributed by atoms with Crippen LogP contribution in [0.4, 0.5) is 0 Å². The monoisotopic (exact) mass is 393 g/mol. The van der Waals surface area contributed by atoms with E-state index >= 15 is 0 Å². The largest absolute Gasteiger partial charge is 0.352 e. The predicted octanol–water partition coefficient (Wildman–Crippen LogP) is 3.71. The van der Waals surface area contributed by atoms with Crippen LogP contribution in [0.5, 0.6) is 0 Å². The molecule has 28 heavy (non-hydrogen) atoms. The van der Waals surface area contributed by atoms with Crippen molar-refractivity contribution in [2.75, 3.05) is 0 Å². The molecule has 1 fully saturated rings. The van der Waals surface area contributed by atoms with E-state index in [0.29, 0.717) is 11.2 Å². The molecule has 2 aromatic heterocycles. The molecular formula is C21H23N5OS. The summed E-state index contributed by atoms with van der Waals surface area (Å²) in [6, 6.07) is 10.5. The van der Waals surface area contributed by atoms with Crippen LogP contribution in [0.3, 0.4) is 0 Å². The number of thioether (sulfide) groups is 1. The molecule has 0 bridgehead atoms. The van der Waals surface area contributed by atoms with E-state index < -0.39 is 0 Å². The molecule has 2 heterocycles. The van der Waals surface area contributed by atoms with Gasteiger partial charge in [-0.3, -0.25) is 14.3 Å². The highest BCUT2D eigenvalue weighted by molar-refractivity contribution is 8.00. The molecule has 1 saturated carbocycles. The van der Waals surface area contributed by atoms with Crippen LogP contribution >= 0.6 is 11.8 Å². The fourth-order valence-corrected chi connectivity index (χ4v) is 3.77. The summed E-state index contributed by atoms with van der Waals surface area (Å²) in [4.78, 5) is 16.5. The van der Waals surface area contributed by atoms with E-state index in [9.17, 15) is 4.79 Å². The molecule has 7 heteroatoms. The van der Waals surface area contributed by atoms with Gasteiger partial charge in [0.1, 0.15) is 0 Å². The second-order valence-electron chi connectivity index (χ2n) is 7.19. The van der Waals surface area contributed by atoms with Crippen LogP contribution in [0.1, 0.15) is 30.9 Å². The number of carbonyl (C=O) groups is 1. The van der Waals surface area contributed by atoms with Crippen molar-refractivity contribution in [3.05, 3.63) is 53.9 Å². The molecule has 1 aliphatic carbocycles. The van der Waals surface area contributed by atoms with E-state index in [4.69, 9.17) is 0 Å². The lowest BCUT2D eigenvalue weighted by atomic mass is 10.1. The molecule has 4 rings (SSSR count). The minimum Gasteiger partial charge on any atom is -0.352 e. The molecule has 1 aliphatic rings. The Hall–Kier alpha value is -2.67. The third-order valence-corrected chi connectivity index (χ3v) is 5.94. The lowest BCUT2D eigenvalue weighted by Crippen LogP contribution is -2.32. The van der Waals surface area contributed by atoms with Gasteiger partial charge in [-0.25, -0.2) is 0 Å². The minimum absolute atomic E-state index is 0.0487. The highest BCUT2D eigenvalue weighted by atomic mass is 32.2. The number of hydrogen-bond acceptors (Lipinski definition) is 5. The van der Waals surface area contributed by atoms with Crippen molar-refractivity contribution in [1.29, 1.82) is 0 Å². The maximum atomic E-state index is 12.4. The van der Waals surface area contributed by atoms with Gasteiger partial charge in [0.05, 0.1) is 10.9 Å².